The third kappa shape index (κ3) is 5.05. The first-order chi connectivity index (χ1) is 10.0. The van der Waals surface area contributed by atoms with Gasteiger partial charge in [-0.25, -0.2) is 0 Å². The van der Waals surface area contributed by atoms with Crippen molar-refractivity contribution in [3.05, 3.63) is 29.3 Å². The van der Waals surface area contributed by atoms with Gasteiger partial charge in [0.15, 0.2) is 0 Å². The molecule has 1 aliphatic rings. The molecule has 1 saturated heterocycles. The largest absolute Gasteiger partial charge is 0.492 e. The number of rotatable bonds is 7. The highest BCUT2D eigenvalue weighted by Crippen LogP contribution is 2.22. The molecule has 0 spiro atoms. The number of likely N-dealkylation sites (tertiary alicyclic amines) is 1. The lowest BCUT2D eigenvalue weighted by Crippen LogP contribution is -2.26. The number of carboxylic acids is 1. The van der Waals surface area contributed by atoms with Crippen LogP contribution in [-0.4, -0.2) is 42.2 Å². The number of nitrogens with zero attached hydrogens (tertiary/aromatic N) is 1. The molecule has 0 aromatic heterocycles. The molecule has 1 unspecified atom stereocenters. The first-order valence-corrected chi connectivity index (χ1v) is 7.69. The van der Waals surface area contributed by atoms with E-state index < -0.39 is 5.97 Å². The summed E-state index contributed by atoms with van der Waals surface area (Å²) in [5, 5.41) is 8.72. The topological polar surface area (TPSA) is 49.8 Å². The van der Waals surface area contributed by atoms with E-state index in [-0.39, 0.29) is 6.42 Å². The van der Waals surface area contributed by atoms with Crippen LogP contribution >= 0.6 is 0 Å². The third-order valence-corrected chi connectivity index (χ3v) is 4.15. The molecule has 1 aliphatic heterocycles. The minimum absolute atomic E-state index is 0.289. The van der Waals surface area contributed by atoms with E-state index in [4.69, 9.17) is 9.84 Å². The van der Waals surface area contributed by atoms with Crippen LogP contribution in [0.25, 0.3) is 0 Å². The predicted molar refractivity (Wildman–Crippen MR) is 82.8 cm³/mol. The van der Waals surface area contributed by atoms with Gasteiger partial charge in [-0.3, -0.25) is 9.69 Å². The van der Waals surface area contributed by atoms with Gasteiger partial charge in [0.2, 0.25) is 0 Å². The monoisotopic (exact) mass is 291 g/mol. The highest BCUT2D eigenvalue weighted by Gasteiger charge is 2.22. The van der Waals surface area contributed by atoms with E-state index in [1.165, 1.54) is 11.1 Å². The van der Waals surface area contributed by atoms with Gasteiger partial charge in [0.25, 0.3) is 0 Å². The average Bonchev–Trinajstić information content (AvgIpc) is 2.88. The number of benzene rings is 1. The first kappa shape index (κ1) is 15.8. The molecule has 1 aromatic carbocycles. The normalized spacial score (nSPS) is 18.9. The minimum Gasteiger partial charge on any atom is -0.492 e. The lowest BCUT2D eigenvalue weighted by atomic mass is 10.0. The molecule has 1 atom stereocenters. The average molecular weight is 291 g/mol. The third-order valence-electron chi connectivity index (χ3n) is 4.15. The number of hydrogen-bond donors (Lipinski definition) is 1. The Kier molecular flexibility index (Phi) is 5.62. The molecule has 1 fully saturated rings. The smallest absolute Gasteiger partial charge is 0.303 e. The molecular weight excluding hydrogens is 266 g/mol. The Hall–Kier alpha value is -1.55. The van der Waals surface area contributed by atoms with Crippen molar-refractivity contribution in [2.24, 2.45) is 5.92 Å². The fourth-order valence-corrected chi connectivity index (χ4v) is 2.83. The summed E-state index contributed by atoms with van der Waals surface area (Å²) in [5.74, 6) is 0.810. The van der Waals surface area contributed by atoms with E-state index in [2.05, 4.69) is 36.9 Å². The molecule has 1 N–H and O–H groups in total. The van der Waals surface area contributed by atoms with Gasteiger partial charge < -0.3 is 9.84 Å². The molecule has 0 amide bonds. The van der Waals surface area contributed by atoms with Gasteiger partial charge in [0, 0.05) is 19.5 Å². The van der Waals surface area contributed by atoms with Crippen LogP contribution in [0, 0.1) is 19.8 Å². The van der Waals surface area contributed by atoms with Gasteiger partial charge in [-0.1, -0.05) is 12.1 Å². The van der Waals surface area contributed by atoms with Crippen molar-refractivity contribution in [2.75, 3.05) is 26.2 Å². The zero-order valence-corrected chi connectivity index (χ0v) is 13.0. The zero-order valence-electron chi connectivity index (χ0n) is 13.0. The summed E-state index contributed by atoms with van der Waals surface area (Å²) in [6.07, 6.45) is 2.19. The molecular formula is C17H25NO3. The first-order valence-electron chi connectivity index (χ1n) is 7.69. The van der Waals surface area contributed by atoms with Gasteiger partial charge in [-0.2, -0.15) is 0 Å². The lowest BCUT2D eigenvalue weighted by molar-refractivity contribution is -0.137. The number of aliphatic carboxylic acids is 1. The Morgan fingerprint density at radius 3 is 3.00 bits per heavy atom. The summed E-state index contributed by atoms with van der Waals surface area (Å²) < 4.78 is 5.88. The highest BCUT2D eigenvalue weighted by atomic mass is 16.5. The van der Waals surface area contributed by atoms with Crippen LogP contribution in [0.2, 0.25) is 0 Å². The van der Waals surface area contributed by atoms with E-state index >= 15 is 0 Å². The fraction of sp³-hybridized carbons (Fsp3) is 0.588. The Labute approximate surface area is 126 Å². The molecule has 4 heteroatoms. The SMILES string of the molecule is Cc1ccc(C)c(OCCN2CCC(CCC(=O)O)C2)c1. The number of aryl methyl sites for hydroxylation is 2. The van der Waals surface area contributed by atoms with Crippen molar-refractivity contribution in [1.82, 2.24) is 4.90 Å². The maximum absolute atomic E-state index is 10.6. The molecule has 0 aliphatic carbocycles. The van der Waals surface area contributed by atoms with Crippen LogP contribution < -0.4 is 4.74 Å². The number of carboxylic acid groups (broad SMARTS) is 1. The maximum Gasteiger partial charge on any atom is 0.303 e. The fourth-order valence-electron chi connectivity index (χ4n) is 2.83. The second-order valence-electron chi connectivity index (χ2n) is 6.01. The van der Waals surface area contributed by atoms with Crippen molar-refractivity contribution in [3.63, 3.8) is 0 Å². The van der Waals surface area contributed by atoms with E-state index in [9.17, 15) is 4.79 Å². The van der Waals surface area contributed by atoms with Crippen molar-refractivity contribution in [2.45, 2.75) is 33.1 Å². The Balaban J connectivity index is 1.70. The summed E-state index contributed by atoms with van der Waals surface area (Å²) in [7, 11) is 0. The molecule has 0 saturated carbocycles. The van der Waals surface area contributed by atoms with Crippen molar-refractivity contribution < 1.29 is 14.6 Å². The predicted octanol–water partition coefficient (Wildman–Crippen LogP) is 2.87. The summed E-state index contributed by atoms with van der Waals surface area (Å²) in [4.78, 5) is 13.0. The summed E-state index contributed by atoms with van der Waals surface area (Å²) in [6.45, 7) is 7.79. The number of ether oxygens (including phenoxy) is 1. The van der Waals surface area contributed by atoms with Gasteiger partial charge >= 0.3 is 5.97 Å². The van der Waals surface area contributed by atoms with Crippen LogP contribution in [0.4, 0.5) is 0 Å². The molecule has 2 rings (SSSR count). The molecule has 21 heavy (non-hydrogen) atoms. The van der Waals surface area contributed by atoms with Crippen LogP contribution in [0.5, 0.6) is 5.75 Å². The molecule has 116 valence electrons. The minimum atomic E-state index is -0.688. The van der Waals surface area contributed by atoms with Crippen molar-refractivity contribution in [1.29, 1.82) is 0 Å². The maximum atomic E-state index is 10.6. The lowest BCUT2D eigenvalue weighted by Gasteiger charge is -2.17. The number of carbonyl (C=O) groups is 1. The highest BCUT2D eigenvalue weighted by molar-refractivity contribution is 5.66. The molecule has 4 nitrogen and oxygen atoms in total. The van der Waals surface area contributed by atoms with E-state index in [0.717, 1.165) is 38.2 Å². The standard InChI is InChI=1S/C17H25NO3/c1-13-3-4-14(2)16(11-13)21-10-9-18-8-7-15(12-18)5-6-17(19)20/h3-4,11,15H,5-10,12H2,1-2H3,(H,19,20). The van der Waals surface area contributed by atoms with Gasteiger partial charge in [0.1, 0.15) is 12.4 Å². The summed E-state index contributed by atoms with van der Waals surface area (Å²) in [5.41, 5.74) is 2.38. The van der Waals surface area contributed by atoms with E-state index in [0.29, 0.717) is 12.5 Å². The Morgan fingerprint density at radius 1 is 1.43 bits per heavy atom. The zero-order chi connectivity index (χ0) is 15.2. The van der Waals surface area contributed by atoms with Crippen molar-refractivity contribution in [3.8, 4) is 5.75 Å². The van der Waals surface area contributed by atoms with E-state index in [1.54, 1.807) is 0 Å². The second-order valence-corrected chi connectivity index (χ2v) is 6.01. The molecule has 1 aromatic rings. The van der Waals surface area contributed by atoms with Gasteiger partial charge in [-0.05, 0) is 56.3 Å². The summed E-state index contributed by atoms with van der Waals surface area (Å²) >= 11 is 0. The van der Waals surface area contributed by atoms with Crippen LogP contribution in [0.3, 0.4) is 0 Å². The Morgan fingerprint density at radius 2 is 2.24 bits per heavy atom. The molecule has 1 heterocycles. The van der Waals surface area contributed by atoms with Gasteiger partial charge in [0.05, 0.1) is 0 Å². The number of hydrogen-bond acceptors (Lipinski definition) is 3. The summed E-state index contributed by atoms with van der Waals surface area (Å²) in [6, 6.07) is 6.26. The quantitative estimate of drug-likeness (QED) is 0.839. The Bertz CT molecular complexity index is 487. The van der Waals surface area contributed by atoms with Crippen molar-refractivity contribution >= 4 is 5.97 Å². The van der Waals surface area contributed by atoms with Crippen LogP contribution in [-0.2, 0) is 4.79 Å². The van der Waals surface area contributed by atoms with Crippen LogP contribution in [0.1, 0.15) is 30.4 Å². The molecule has 0 radical (unpaired) electrons. The molecule has 0 bridgehead atoms. The second kappa shape index (κ2) is 7.46. The van der Waals surface area contributed by atoms with Crippen LogP contribution in [0.15, 0.2) is 18.2 Å². The van der Waals surface area contributed by atoms with Gasteiger partial charge in [-0.15, -0.1) is 0 Å². The van der Waals surface area contributed by atoms with E-state index in [1.807, 2.05) is 0 Å².